The summed E-state index contributed by atoms with van der Waals surface area (Å²) in [4.78, 5) is 0. The van der Waals surface area contributed by atoms with Crippen LogP contribution in [0.4, 0.5) is 0 Å². The van der Waals surface area contributed by atoms with Crippen LogP contribution in [0.15, 0.2) is 36.7 Å². The number of nitrogens with one attached hydrogen (secondary N) is 1. The fraction of sp³-hybridized carbons (Fsp3) is 0.438. The molecule has 0 saturated heterocycles. The molecule has 0 amide bonds. The Morgan fingerprint density at radius 3 is 2.60 bits per heavy atom. The molecule has 2 aromatic rings. The van der Waals surface area contributed by atoms with Gasteiger partial charge in [-0.3, -0.25) is 4.68 Å². The molecule has 1 heterocycles. The van der Waals surface area contributed by atoms with E-state index in [2.05, 4.69) is 35.7 Å². The molecule has 20 heavy (non-hydrogen) atoms. The van der Waals surface area contributed by atoms with Crippen LogP contribution in [0, 0.1) is 0 Å². The van der Waals surface area contributed by atoms with E-state index in [0.717, 1.165) is 25.1 Å². The van der Waals surface area contributed by atoms with Crippen molar-refractivity contribution in [2.75, 3.05) is 13.7 Å². The first-order valence-corrected chi connectivity index (χ1v) is 7.07. The molecular formula is C16H23N3O. The number of methoxy groups -OCH3 is 1. The quantitative estimate of drug-likeness (QED) is 0.843. The molecule has 1 aromatic carbocycles. The van der Waals surface area contributed by atoms with Crippen LogP contribution in [-0.4, -0.2) is 23.4 Å². The van der Waals surface area contributed by atoms with E-state index in [1.54, 1.807) is 7.11 Å². The summed E-state index contributed by atoms with van der Waals surface area (Å²) in [6, 6.07) is 8.56. The zero-order valence-corrected chi connectivity index (χ0v) is 12.5. The third-order valence-corrected chi connectivity index (χ3v) is 3.37. The smallest absolute Gasteiger partial charge is 0.118 e. The van der Waals surface area contributed by atoms with Crippen LogP contribution in [0.1, 0.15) is 30.5 Å². The topological polar surface area (TPSA) is 39.1 Å². The van der Waals surface area contributed by atoms with E-state index in [9.17, 15) is 0 Å². The summed E-state index contributed by atoms with van der Waals surface area (Å²) < 4.78 is 7.05. The zero-order chi connectivity index (χ0) is 14.4. The molecule has 0 saturated carbocycles. The summed E-state index contributed by atoms with van der Waals surface area (Å²) in [7, 11) is 3.64. The minimum Gasteiger partial charge on any atom is -0.497 e. The lowest BCUT2D eigenvalue weighted by Gasteiger charge is -2.17. The SMILES string of the molecule is CCCNC(Cc1ccc(OC)cc1)c1cnn(C)c1. The number of aromatic nitrogens is 2. The first-order chi connectivity index (χ1) is 9.72. The highest BCUT2D eigenvalue weighted by molar-refractivity contribution is 5.28. The molecule has 0 aliphatic rings. The van der Waals surface area contributed by atoms with Gasteiger partial charge in [-0.25, -0.2) is 0 Å². The summed E-state index contributed by atoms with van der Waals surface area (Å²) >= 11 is 0. The Labute approximate surface area is 120 Å². The van der Waals surface area contributed by atoms with E-state index >= 15 is 0 Å². The number of ether oxygens (including phenoxy) is 1. The highest BCUT2D eigenvalue weighted by Gasteiger charge is 2.13. The van der Waals surface area contributed by atoms with Gasteiger partial charge in [-0.15, -0.1) is 0 Å². The van der Waals surface area contributed by atoms with Gasteiger partial charge in [0.15, 0.2) is 0 Å². The van der Waals surface area contributed by atoms with Crippen LogP contribution in [0.25, 0.3) is 0 Å². The third-order valence-electron chi connectivity index (χ3n) is 3.37. The van der Waals surface area contributed by atoms with Gasteiger partial charge in [0.05, 0.1) is 13.3 Å². The van der Waals surface area contributed by atoms with Crippen molar-refractivity contribution in [3.8, 4) is 5.75 Å². The van der Waals surface area contributed by atoms with Crippen LogP contribution < -0.4 is 10.1 Å². The highest BCUT2D eigenvalue weighted by Crippen LogP contribution is 2.20. The average molecular weight is 273 g/mol. The van der Waals surface area contributed by atoms with Gasteiger partial charge < -0.3 is 10.1 Å². The van der Waals surface area contributed by atoms with Gasteiger partial charge in [-0.05, 0) is 37.1 Å². The highest BCUT2D eigenvalue weighted by atomic mass is 16.5. The Kier molecular flexibility index (Phi) is 5.18. The van der Waals surface area contributed by atoms with Crippen molar-refractivity contribution in [3.05, 3.63) is 47.8 Å². The lowest BCUT2D eigenvalue weighted by atomic mass is 10.0. The number of hydrogen-bond acceptors (Lipinski definition) is 3. The van der Waals surface area contributed by atoms with E-state index < -0.39 is 0 Å². The fourth-order valence-electron chi connectivity index (χ4n) is 2.24. The Morgan fingerprint density at radius 2 is 2.05 bits per heavy atom. The van der Waals surface area contributed by atoms with E-state index in [1.807, 2.05) is 30.1 Å². The number of nitrogens with zero attached hydrogens (tertiary/aromatic N) is 2. The van der Waals surface area contributed by atoms with Gasteiger partial charge in [-0.1, -0.05) is 19.1 Å². The number of aryl methyl sites for hydroxylation is 1. The summed E-state index contributed by atoms with van der Waals surface area (Å²) in [6.45, 7) is 3.19. The van der Waals surface area contributed by atoms with Gasteiger partial charge in [0.25, 0.3) is 0 Å². The summed E-state index contributed by atoms with van der Waals surface area (Å²) in [5, 5.41) is 7.86. The van der Waals surface area contributed by atoms with Gasteiger partial charge in [0.2, 0.25) is 0 Å². The number of benzene rings is 1. The van der Waals surface area contributed by atoms with Gasteiger partial charge in [0.1, 0.15) is 5.75 Å². The molecule has 0 aliphatic carbocycles. The molecule has 1 N–H and O–H groups in total. The lowest BCUT2D eigenvalue weighted by molar-refractivity contribution is 0.414. The molecule has 1 atom stereocenters. The summed E-state index contributed by atoms with van der Waals surface area (Å²) in [5.41, 5.74) is 2.53. The van der Waals surface area contributed by atoms with Crippen molar-refractivity contribution in [2.24, 2.45) is 7.05 Å². The molecule has 108 valence electrons. The van der Waals surface area contributed by atoms with Crippen molar-refractivity contribution in [2.45, 2.75) is 25.8 Å². The van der Waals surface area contributed by atoms with Crippen LogP contribution in [0.3, 0.4) is 0 Å². The van der Waals surface area contributed by atoms with Crippen molar-refractivity contribution in [3.63, 3.8) is 0 Å². The second-order valence-electron chi connectivity index (χ2n) is 5.01. The molecule has 0 radical (unpaired) electrons. The molecule has 0 bridgehead atoms. The maximum absolute atomic E-state index is 5.20. The Balaban J connectivity index is 2.10. The predicted molar refractivity (Wildman–Crippen MR) is 80.9 cm³/mol. The third kappa shape index (κ3) is 3.84. The maximum Gasteiger partial charge on any atom is 0.118 e. The fourth-order valence-corrected chi connectivity index (χ4v) is 2.24. The summed E-state index contributed by atoms with van der Waals surface area (Å²) in [6.07, 6.45) is 6.10. The van der Waals surface area contributed by atoms with Crippen LogP contribution in [0.2, 0.25) is 0 Å². The first kappa shape index (κ1) is 14.6. The normalized spacial score (nSPS) is 12.3. The van der Waals surface area contributed by atoms with E-state index in [0.29, 0.717) is 6.04 Å². The molecule has 0 spiro atoms. The molecule has 4 nitrogen and oxygen atoms in total. The molecule has 1 unspecified atom stereocenters. The number of rotatable bonds is 7. The van der Waals surface area contributed by atoms with Crippen LogP contribution >= 0.6 is 0 Å². The summed E-state index contributed by atoms with van der Waals surface area (Å²) in [5.74, 6) is 0.896. The second kappa shape index (κ2) is 7.10. The Bertz CT molecular complexity index is 519. The zero-order valence-electron chi connectivity index (χ0n) is 12.5. The van der Waals surface area contributed by atoms with E-state index in [-0.39, 0.29) is 0 Å². The van der Waals surface area contributed by atoms with Crippen molar-refractivity contribution >= 4 is 0 Å². The molecule has 0 fully saturated rings. The monoisotopic (exact) mass is 273 g/mol. The van der Waals surface area contributed by atoms with Crippen LogP contribution in [0.5, 0.6) is 5.75 Å². The van der Waals surface area contributed by atoms with Crippen LogP contribution in [-0.2, 0) is 13.5 Å². The van der Waals surface area contributed by atoms with Crippen molar-refractivity contribution in [1.29, 1.82) is 0 Å². The minimum atomic E-state index is 0.303. The predicted octanol–water partition coefficient (Wildman–Crippen LogP) is 2.71. The molecule has 1 aromatic heterocycles. The van der Waals surface area contributed by atoms with Gasteiger partial charge in [-0.2, -0.15) is 5.10 Å². The van der Waals surface area contributed by atoms with Crippen molar-refractivity contribution < 1.29 is 4.74 Å². The van der Waals surface area contributed by atoms with E-state index in [1.165, 1.54) is 11.1 Å². The van der Waals surface area contributed by atoms with Gasteiger partial charge in [0, 0.05) is 24.8 Å². The molecule has 4 heteroatoms. The molecular weight excluding hydrogens is 250 g/mol. The standard InChI is InChI=1S/C16H23N3O/c1-4-9-17-16(14-11-18-19(2)12-14)10-13-5-7-15(20-3)8-6-13/h5-8,11-12,16-17H,4,9-10H2,1-3H3. The average Bonchev–Trinajstić information content (AvgIpc) is 2.90. The lowest BCUT2D eigenvalue weighted by Crippen LogP contribution is -2.23. The molecule has 2 rings (SSSR count). The Morgan fingerprint density at radius 1 is 1.30 bits per heavy atom. The molecule has 0 aliphatic heterocycles. The second-order valence-corrected chi connectivity index (χ2v) is 5.01. The number of hydrogen-bond donors (Lipinski definition) is 1. The largest absolute Gasteiger partial charge is 0.497 e. The Hall–Kier alpha value is -1.81. The van der Waals surface area contributed by atoms with Gasteiger partial charge >= 0.3 is 0 Å². The first-order valence-electron chi connectivity index (χ1n) is 7.07. The minimum absolute atomic E-state index is 0.303. The maximum atomic E-state index is 5.20. The van der Waals surface area contributed by atoms with Crippen molar-refractivity contribution in [1.82, 2.24) is 15.1 Å². The van der Waals surface area contributed by atoms with E-state index in [4.69, 9.17) is 4.74 Å².